The molecule has 0 aliphatic heterocycles. The van der Waals surface area contributed by atoms with Gasteiger partial charge in [-0.2, -0.15) is 0 Å². The maximum absolute atomic E-state index is 11.2. The van der Waals surface area contributed by atoms with Crippen molar-refractivity contribution in [3.05, 3.63) is 29.3 Å². The third-order valence-corrected chi connectivity index (χ3v) is 5.22. The predicted octanol–water partition coefficient (Wildman–Crippen LogP) is 2.14. The smallest absolute Gasteiger partial charge is 0.123 e. The van der Waals surface area contributed by atoms with Crippen molar-refractivity contribution in [2.75, 3.05) is 13.7 Å². The van der Waals surface area contributed by atoms with Crippen molar-refractivity contribution in [2.45, 2.75) is 49.5 Å². The SMILES string of the molecule is COc1cccc2c1C(CN)(C1(O)CCCCC1)C2. The van der Waals surface area contributed by atoms with E-state index in [1.807, 2.05) is 12.1 Å². The van der Waals surface area contributed by atoms with Gasteiger partial charge in [-0.05, 0) is 30.9 Å². The van der Waals surface area contributed by atoms with Gasteiger partial charge in [0.1, 0.15) is 5.75 Å². The van der Waals surface area contributed by atoms with Crippen LogP contribution in [0.15, 0.2) is 18.2 Å². The van der Waals surface area contributed by atoms with E-state index in [1.165, 1.54) is 12.0 Å². The molecule has 0 spiro atoms. The molecule has 3 nitrogen and oxygen atoms in total. The normalized spacial score (nSPS) is 28.4. The standard InChI is InChI=1S/C16H23NO2/c1-19-13-7-5-6-12-10-15(11-17,14(12)13)16(18)8-3-2-4-9-16/h5-7,18H,2-4,8-11,17H2,1H3. The van der Waals surface area contributed by atoms with E-state index in [1.54, 1.807) is 7.11 Å². The quantitative estimate of drug-likeness (QED) is 0.876. The predicted molar refractivity (Wildman–Crippen MR) is 75.5 cm³/mol. The van der Waals surface area contributed by atoms with Crippen LogP contribution in [0.1, 0.15) is 43.2 Å². The molecule has 1 unspecified atom stereocenters. The zero-order valence-corrected chi connectivity index (χ0v) is 11.6. The van der Waals surface area contributed by atoms with Crippen molar-refractivity contribution >= 4 is 0 Å². The molecule has 2 aliphatic rings. The Hall–Kier alpha value is -1.06. The second kappa shape index (κ2) is 4.50. The second-order valence-corrected chi connectivity index (χ2v) is 6.05. The number of hydrogen-bond donors (Lipinski definition) is 2. The van der Waals surface area contributed by atoms with E-state index in [2.05, 4.69) is 6.07 Å². The highest BCUT2D eigenvalue weighted by Crippen LogP contribution is 2.55. The fraction of sp³-hybridized carbons (Fsp3) is 0.625. The van der Waals surface area contributed by atoms with Gasteiger partial charge in [0, 0.05) is 17.5 Å². The van der Waals surface area contributed by atoms with E-state index in [0.717, 1.165) is 43.4 Å². The fourth-order valence-corrected chi connectivity index (χ4v) is 4.12. The summed E-state index contributed by atoms with van der Waals surface area (Å²) in [4.78, 5) is 0. The molecule has 19 heavy (non-hydrogen) atoms. The summed E-state index contributed by atoms with van der Waals surface area (Å²) >= 11 is 0. The van der Waals surface area contributed by atoms with Crippen LogP contribution in [0.2, 0.25) is 0 Å². The number of rotatable bonds is 3. The highest BCUT2D eigenvalue weighted by atomic mass is 16.5. The second-order valence-electron chi connectivity index (χ2n) is 6.05. The molecule has 0 radical (unpaired) electrons. The number of ether oxygens (including phenoxy) is 1. The molecule has 1 fully saturated rings. The summed E-state index contributed by atoms with van der Waals surface area (Å²) in [6.45, 7) is 0.497. The molecule has 0 heterocycles. The molecule has 1 aromatic carbocycles. The van der Waals surface area contributed by atoms with E-state index in [4.69, 9.17) is 10.5 Å². The lowest BCUT2D eigenvalue weighted by atomic mass is 9.52. The Labute approximate surface area is 114 Å². The van der Waals surface area contributed by atoms with Crippen LogP contribution in [0.5, 0.6) is 5.75 Å². The van der Waals surface area contributed by atoms with Crippen molar-refractivity contribution in [3.63, 3.8) is 0 Å². The molecule has 0 aromatic heterocycles. The highest BCUT2D eigenvalue weighted by Gasteiger charge is 2.57. The van der Waals surface area contributed by atoms with E-state index >= 15 is 0 Å². The monoisotopic (exact) mass is 261 g/mol. The zero-order valence-electron chi connectivity index (χ0n) is 11.6. The summed E-state index contributed by atoms with van der Waals surface area (Å²) in [7, 11) is 1.69. The maximum atomic E-state index is 11.2. The molecule has 0 saturated heterocycles. The highest BCUT2D eigenvalue weighted by molar-refractivity contribution is 5.56. The molecular formula is C16H23NO2. The summed E-state index contributed by atoms with van der Waals surface area (Å²) in [5.74, 6) is 0.883. The van der Waals surface area contributed by atoms with Crippen LogP contribution in [0, 0.1) is 0 Å². The van der Waals surface area contributed by atoms with Gasteiger partial charge >= 0.3 is 0 Å². The van der Waals surface area contributed by atoms with Gasteiger partial charge in [-0.3, -0.25) is 0 Å². The summed E-state index contributed by atoms with van der Waals surface area (Å²) < 4.78 is 5.50. The van der Waals surface area contributed by atoms with Crippen molar-refractivity contribution in [1.29, 1.82) is 0 Å². The summed E-state index contributed by atoms with van der Waals surface area (Å²) in [5.41, 5.74) is 7.60. The Bertz CT molecular complexity index is 480. The molecule has 1 atom stereocenters. The van der Waals surface area contributed by atoms with Crippen molar-refractivity contribution in [1.82, 2.24) is 0 Å². The number of methoxy groups -OCH3 is 1. The summed E-state index contributed by atoms with van der Waals surface area (Å²) in [6.07, 6.45) is 6.03. The lowest BCUT2D eigenvalue weighted by Gasteiger charge is -2.55. The third-order valence-electron chi connectivity index (χ3n) is 5.22. The van der Waals surface area contributed by atoms with Gasteiger partial charge in [0.2, 0.25) is 0 Å². The van der Waals surface area contributed by atoms with Gasteiger partial charge in [-0.25, -0.2) is 0 Å². The average Bonchev–Trinajstić information content (AvgIpc) is 2.41. The average molecular weight is 261 g/mol. The van der Waals surface area contributed by atoms with Crippen LogP contribution >= 0.6 is 0 Å². The van der Waals surface area contributed by atoms with Crippen molar-refractivity contribution < 1.29 is 9.84 Å². The molecule has 3 heteroatoms. The molecule has 1 aromatic rings. The fourth-order valence-electron chi connectivity index (χ4n) is 4.12. The Balaban J connectivity index is 2.06. The minimum Gasteiger partial charge on any atom is -0.496 e. The Morgan fingerprint density at radius 3 is 2.63 bits per heavy atom. The topological polar surface area (TPSA) is 55.5 Å². The van der Waals surface area contributed by atoms with Gasteiger partial charge in [-0.15, -0.1) is 0 Å². The molecular weight excluding hydrogens is 238 g/mol. The number of hydrogen-bond acceptors (Lipinski definition) is 3. The number of fused-ring (bicyclic) bond motifs is 1. The van der Waals surface area contributed by atoms with Crippen LogP contribution in [-0.4, -0.2) is 24.4 Å². The molecule has 1 saturated carbocycles. The van der Waals surface area contributed by atoms with Crippen molar-refractivity contribution in [2.24, 2.45) is 5.73 Å². The molecule has 0 bridgehead atoms. The third kappa shape index (κ3) is 1.65. The number of benzene rings is 1. The van der Waals surface area contributed by atoms with E-state index in [-0.39, 0.29) is 5.41 Å². The van der Waals surface area contributed by atoms with Gasteiger partial charge in [0.05, 0.1) is 12.7 Å². The summed E-state index contributed by atoms with van der Waals surface area (Å²) in [5, 5.41) is 11.2. The van der Waals surface area contributed by atoms with Crippen LogP contribution in [0.25, 0.3) is 0 Å². The zero-order chi connectivity index (χ0) is 13.5. The first-order valence-electron chi connectivity index (χ1n) is 7.26. The number of nitrogens with two attached hydrogens (primary N) is 1. The lowest BCUT2D eigenvalue weighted by Crippen LogP contribution is -2.62. The van der Waals surface area contributed by atoms with Gasteiger partial charge in [-0.1, -0.05) is 31.4 Å². The molecule has 0 amide bonds. The Kier molecular flexibility index (Phi) is 3.06. The minimum absolute atomic E-state index is 0.296. The molecule has 2 aliphatic carbocycles. The van der Waals surface area contributed by atoms with Crippen LogP contribution in [0.4, 0.5) is 0 Å². The first-order chi connectivity index (χ1) is 9.17. The van der Waals surface area contributed by atoms with Crippen LogP contribution in [-0.2, 0) is 11.8 Å². The van der Waals surface area contributed by atoms with E-state index < -0.39 is 5.60 Å². The van der Waals surface area contributed by atoms with E-state index in [0.29, 0.717) is 6.54 Å². The number of aliphatic hydroxyl groups is 1. The molecule has 3 rings (SSSR count). The first kappa shape index (κ1) is 12.9. The van der Waals surface area contributed by atoms with Gasteiger partial charge < -0.3 is 15.6 Å². The molecule has 104 valence electrons. The Morgan fingerprint density at radius 2 is 2.00 bits per heavy atom. The van der Waals surface area contributed by atoms with Gasteiger partial charge in [0.15, 0.2) is 0 Å². The largest absolute Gasteiger partial charge is 0.496 e. The first-order valence-corrected chi connectivity index (χ1v) is 7.26. The van der Waals surface area contributed by atoms with Crippen molar-refractivity contribution in [3.8, 4) is 5.75 Å². The molecule has 3 N–H and O–H groups in total. The minimum atomic E-state index is -0.651. The van der Waals surface area contributed by atoms with Gasteiger partial charge in [0.25, 0.3) is 0 Å². The van der Waals surface area contributed by atoms with Crippen LogP contribution in [0.3, 0.4) is 0 Å². The Morgan fingerprint density at radius 1 is 1.26 bits per heavy atom. The van der Waals surface area contributed by atoms with Crippen LogP contribution < -0.4 is 10.5 Å². The summed E-state index contributed by atoms with van der Waals surface area (Å²) in [6, 6.07) is 6.12. The van der Waals surface area contributed by atoms with E-state index in [9.17, 15) is 5.11 Å². The lowest BCUT2D eigenvalue weighted by molar-refractivity contribution is -0.0764. The maximum Gasteiger partial charge on any atom is 0.123 e.